The van der Waals surface area contributed by atoms with Crippen molar-refractivity contribution in [2.75, 3.05) is 38.9 Å². The molecule has 0 radical (unpaired) electrons. The summed E-state index contributed by atoms with van der Waals surface area (Å²) < 4.78 is 110. The van der Waals surface area contributed by atoms with Crippen molar-refractivity contribution >= 4 is 11.6 Å². The number of hydrogen-bond donors (Lipinski definition) is 1. The Labute approximate surface area is 183 Å². The number of pyridine rings is 1. The Kier molecular flexibility index (Phi) is 8.75. The van der Waals surface area contributed by atoms with E-state index in [1.807, 2.05) is 0 Å². The number of alkyl halides is 6. The first-order valence-corrected chi connectivity index (χ1v) is 9.30. The largest absolute Gasteiger partial charge is 0.430 e. The monoisotopic (exact) mass is 484 g/mol. The second-order valence-corrected chi connectivity index (χ2v) is 6.50. The van der Waals surface area contributed by atoms with Crippen LogP contribution < -0.4 is 5.32 Å². The molecule has 0 aliphatic rings. The molecule has 0 fully saturated rings. The molecule has 2 rings (SSSR count). The number of rotatable bonds is 10. The van der Waals surface area contributed by atoms with Crippen molar-refractivity contribution in [1.82, 2.24) is 4.98 Å². The van der Waals surface area contributed by atoms with Crippen molar-refractivity contribution < 1.29 is 49.7 Å². The number of methoxy groups -OCH3 is 1. The van der Waals surface area contributed by atoms with Gasteiger partial charge in [0.25, 0.3) is 11.5 Å². The molecular weight excluding hydrogens is 465 g/mol. The predicted octanol–water partition coefficient (Wildman–Crippen LogP) is 4.47. The standard InChI is InChI=1S/C20H19F7N2O4/c1-31-9-10-32-11-12-33-18(19(22,23)24,20(25,26)27)14-6-4-13(5-7-14)17(30)29-15-3-2-8-28-16(15)21/h2-8H,9-12H2,1H3,(H,29,30). The van der Waals surface area contributed by atoms with E-state index in [0.29, 0.717) is 12.1 Å². The van der Waals surface area contributed by atoms with Crippen molar-refractivity contribution in [3.63, 3.8) is 0 Å². The molecule has 33 heavy (non-hydrogen) atoms. The first-order chi connectivity index (χ1) is 15.4. The number of hydrogen-bond acceptors (Lipinski definition) is 5. The van der Waals surface area contributed by atoms with Crippen LogP contribution in [0.2, 0.25) is 0 Å². The van der Waals surface area contributed by atoms with E-state index < -0.39 is 48.6 Å². The molecule has 2 aromatic rings. The van der Waals surface area contributed by atoms with Crippen molar-refractivity contribution in [3.05, 3.63) is 59.7 Å². The quantitative estimate of drug-likeness (QED) is 0.306. The highest BCUT2D eigenvalue weighted by molar-refractivity contribution is 6.04. The van der Waals surface area contributed by atoms with Gasteiger partial charge in [-0.05, 0) is 24.3 Å². The van der Waals surface area contributed by atoms with Crippen LogP contribution in [0.3, 0.4) is 0 Å². The minimum atomic E-state index is -5.89. The van der Waals surface area contributed by atoms with Gasteiger partial charge in [-0.15, -0.1) is 0 Å². The summed E-state index contributed by atoms with van der Waals surface area (Å²) in [5.74, 6) is -1.98. The van der Waals surface area contributed by atoms with Gasteiger partial charge < -0.3 is 19.5 Å². The average molecular weight is 484 g/mol. The lowest BCUT2D eigenvalue weighted by molar-refractivity contribution is -0.390. The Balaban J connectivity index is 2.29. The Morgan fingerprint density at radius 1 is 0.939 bits per heavy atom. The maximum atomic E-state index is 13.7. The molecule has 0 aliphatic carbocycles. The molecule has 1 aromatic carbocycles. The number of ether oxygens (including phenoxy) is 3. The molecular formula is C20H19F7N2O4. The number of nitrogens with one attached hydrogen (secondary N) is 1. The Bertz CT molecular complexity index is 904. The average Bonchev–Trinajstić information content (AvgIpc) is 2.73. The lowest BCUT2D eigenvalue weighted by Crippen LogP contribution is -2.56. The van der Waals surface area contributed by atoms with Gasteiger partial charge in [0.2, 0.25) is 5.95 Å². The lowest BCUT2D eigenvalue weighted by atomic mass is 9.91. The molecule has 1 heterocycles. The van der Waals surface area contributed by atoms with Gasteiger partial charge in [-0.3, -0.25) is 4.79 Å². The van der Waals surface area contributed by atoms with Gasteiger partial charge in [-0.25, -0.2) is 4.98 Å². The molecule has 0 bridgehead atoms. The van der Waals surface area contributed by atoms with E-state index in [-0.39, 0.29) is 24.5 Å². The fourth-order valence-electron chi connectivity index (χ4n) is 2.76. The molecule has 0 saturated heterocycles. The number of nitrogens with zero attached hydrogens (tertiary/aromatic N) is 1. The smallest absolute Gasteiger partial charge is 0.382 e. The van der Waals surface area contributed by atoms with E-state index in [2.05, 4.69) is 19.8 Å². The van der Waals surface area contributed by atoms with Crippen LogP contribution in [0.15, 0.2) is 42.6 Å². The zero-order valence-corrected chi connectivity index (χ0v) is 17.1. The van der Waals surface area contributed by atoms with Gasteiger partial charge in [0.05, 0.1) is 32.1 Å². The number of halogens is 7. The fourth-order valence-corrected chi connectivity index (χ4v) is 2.76. The Morgan fingerprint density at radius 2 is 1.55 bits per heavy atom. The number of benzene rings is 1. The molecule has 0 aliphatic heterocycles. The van der Waals surface area contributed by atoms with E-state index in [9.17, 15) is 35.5 Å². The summed E-state index contributed by atoms with van der Waals surface area (Å²) in [6.07, 6.45) is -10.7. The summed E-state index contributed by atoms with van der Waals surface area (Å²) in [5, 5.41) is 2.12. The molecule has 0 atom stereocenters. The van der Waals surface area contributed by atoms with Crippen LogP contribution in [-0.2, 0) is 19.8 Å². The number of anilines is 1. The fraction of sp³-hybridized carbons (Fsp3) is 0.400. The van der Waals surface area contributed by atoms with E-state index in [0.717, 1.165) is 18.3 Å². The Hall–Kier alpha value is -2.77. The number of carbonyl (C=O) groups is 1. The van der Waals surface area contributed by atoms with Crippen molar-refractivity contribution in [2.24, 2.45) is 0 Å². The number of amides is 1. The molecule has 6 nitrogen and oxygen atoms in total. The molecule has 182 valence electrons. The maximum Gasteiger partial charge on any atom is 0.430 e. The lowest BCUT2D eigenvalue weighted by Gasteiger charge is -2.37. The summed E-state index contributed by atoms with van der Waals surface area (Å²) in [7, 11) is 1.34. The van der Waals surface area contributed by atoms with Crippen LogP contribution in [0.5, 0.6) is 0 Å². The first kappa shape index (κ1) is 26.5. The van der Waals surface area contributed by atoms with Gasteiger partial charge in [0, 0.05) is 24.4 Å². The molecule has 0 spiro atoms. The van der Waals surface area contributed by atoms with Crippen LogP contribution in [-0.4, -0.2) is 56.8 Å². The summed E-state index contributed by atoms with van der Waals surface area (Å²) in [4.78, 5) is 15.5. The van der Waals surface area contributed by atoms with E-state index in [4.69, 9.17) is 4.74 Å². The number of carbonyl (C=O) groups excluding carboxylic acids is 1. The Morgan fingerprint density at radius 3 is 2.09 bits per heavy atom. The zero-order valence-electron chi connectivity index (χ0n) is 17.1. The second-order valence-electron chi connectivity index (χ2n) is 6.50. The minimum Gasteiger partial charge on any atom is -0.382 e. The van der Waals surface area contributed by atoms with Gasteiger partial charge >= 0.3 is 12.4 Å². The predicted molar refractivity (Wildman–Crippen MR) is 101 cm³/mol. The third-order valence-corrected chi connectivity index (χ3v) is 4.34. The van der Waals surface area contributed by atoms with Crippen LogP contribution >= 0.6 is 0 Å². The summed E-state index contributed by atoms with van der Waals surface area (Å²) in [6.45, 7) is -1.53. The van der Waals surface area contributed by atoms with Crippen molar-refractivity contribution in [2.45, 2.75) is 18.0 Å². The maximum absolute atomic E-state index is 13.7. The van der Waals surface area contributed by atoms with Gasteiger partial charge in [0.15, 0.2) is 0 Å². The van der Waals surface area contributed by atoms with Gasteiger partial charge in [-0.1, -0.05) is 12.1 Å². The summed E-state index contributed by atoms with van der Waals surface area (Å²) in [5.41, 5.74) is -6.58. The van der Waals surface area contributed by atoms with Crippen LogP contribution in [0.4, 0.5) is 36.4 Å². The summed E-state index contributed by atoms with van der Waals surface area (Å²) >= 11 is 0. The SMILES string of the molecule is COCCOCCOC(c1ccc(C(=O)Nc2cccnc2F)cc1)(C(F)(F)F)C(F)(F)F. The highest BCUT2D eigenvalue weighted by Gasteiger charge is 2.73. The van der Waals surface area contributed by atoms with Gasteiger partial charge in [-0.2, -0.15) is 30.7 Å². The number of aromatic nitrogens is 1. The highest BCUT2D eigenvalue weighted by atomic mass is 19.4. The van der Waals surface area contributed by atoms with Crippen molar-refractivity contribution in [1.29, 1.82) is 0 Å². The third-order valence-electron chi connectivity index (χ3n) is 4.34. The molecule has 1 aromatic heterocycles. The molecule has 1 N–H and O–H groups in total. The first-order valence-electron chi connectivity index (χ1n) is 9.30. The van der Waals surface area contributed by atoms with Gasteiger partial charge in [0.1, 0.15) is 0 Å². The third kappa shape index (κ3) is 6.18. The van der Waals surface area contributed by atoms with Crippen LogP contribution in [0, 0.1) is 5.95 Å². The van der Waals surface area contributed by atoms with Crippen LogP contribution in [0.1, 0.15) is 15.9 Å². The normalized spacial score (nSPS) is 12.6. The molecule has 0 saturated carbocycles. The van der Waals surface area contributed by atoms with E-state index >= 15 is 0 Å². The minimum absolute atomic E-state index is 0.0494. The van der Waals surface area contributed by atoms with Crippen molar-refractivity contribution in [3.8, 4) is 0 Å². The summed E-state index contributed by atoms with van der Waals surface area (Å²) in [6, 6.07) is 4.92. The topological polar surface area (TPSA) is 69.7 Å². The molecule has 1 amide bonds. The second kappa shape index (κ2) is 10.9. The van der Waals surface area contributed by atoms with Crippen LogP contribution in [0.25, 0.3) is 0 Å². The highest BCUT2D eigenvalue weighted by Crippen LogP contribution is 2.52. The molecule has 0 unspecified atom stereocenters. The molecule has 13 heteroatoms. The van der Waals surface area contributed by atoms with E-state index in [1.54, 1.807) is 0 Å². The van der Waals surface area contributed by atoms with E-state index in [1.165, 1.54) is 19.2 Å². The zero-order chi connectivity index (χ0) is 24.7.